The van der Waals surface area contributed by atoms with Crippen LogP contribution in [0.4, 0.5) is 13.2 Å². The lowest BCUT2D eigenvalue weighted by atomic mass is 10.1. The number of esters is 2. The average molecular weight is 259 g/mol. The van der Waals surface area contributed by atoms with Crippen molar-refractivity contribution < 1.29 is 27.5 Å². The van der Waals surface area contributed by atoms with E-state index in [1.54, 1.807) is 0 Å². The minimum atomic E-state index is -4.72. The Hall–Kier alpha value is -2.31. The monoisotopic (exact) mass is 259 g/mol. The Kier molecular flexibility index (Phi) is 3.75. The number of alkyl halides is 3. The summed E-state index contributed by atoms with van der Waals surface area (Å²) in [6.45, 7) is 3.00. The number of carbonyl (C=O) groups excluding carboxylic acids is 2. The van der Waals surface area contributed by atoms with Crippen LogP contribution < -0.4 is 5.73 Å². The molecule has 0 heterocycles. The maximum Gasteiger partial charge on any atom is 0.417 e. The minimum Gasteiger partial charge on any atom is -0.393 e. The van der Waals surface area contributed by atoms with Crippen LogP contribution in [0.1, 0.15) is 15.9 Å². The van der Waals surface area contributed by atoms with Crippen molar-refractivity contribution in [2.75, 3.05) is 0 Å². The molecular weight excluding hydrogens is 251 g/mol. The van der Waals surface area contributed by atoms with Crippen molar-refractivity contribution in [1.29, 1.82) is 0 Å². The van der Waals surface area contributed by atoms with E-state index in [9.17, 15) is 22.8 Å². The van der Waals surface area contributed by atoms with E-state index in [0.29, 0.717) is 6.07 Å². The van der Waals surface area contributed by atoms with Crippen molar-refractivity contribution in [3.8, 4) is 0 Å². The number of carbonyl (C=O) groups is 2. The topological polar surface area (TPSA) is 69.4 Å². The van der Waals surface area contributed by atoms with Crippen molar-refractivity contribution in [2.45, 2.75) is 6.18 Å². The molecule has 0 fully saturated rings. The minimum absolute atomic E-state index is 0.576. The molecule has 0 aromatic heterocycles. The highest BCUT2D eigenvalue weighted by Gasteiger charge is 2.35. The molecule has 4 nitrogen and oxygen atoms in total. The first-order chi connectivity index (χ1) is 8.23. The Morgan fingerprint density at radius 2 is 1.78 bits per heavy atom. The molecule has 0 aliphatic carbocycles. The maximum atomic E-state index is 12.6. The average Bonchev–Trinajstić information content (AvgIpc) is 2.27. The van der Waals surface area contributed by atoms with Gasteiger partial charge in [0.1, 0.15) is 5.70 Å². The predicted molar refractivity (Wildman–Crippen MR) is 55.2 cm³/mol. The van der Waals surface area contributed by atoms with Crippen molar-refractivity contribution in [2.24, 2.45) is 5.73 Å². The summed E-state index contributed by atoms with van der Waals surface area (Å²) in [5.74, 6) is -2.71. The van der Waals surface area contributed by atoms with Crippen molar-refractivity contribution in [1.82, 2.24) is 0 Å². The largest absolute Gasteiger partial charge is 0.417 e. The van der Waals surface area contributed by atoms with Crippen LogP contribution in [0.5, 0.6) is 0 Å². The Balaban J connectivity index is 3.07. The molecule has 0 spiro atoms. The van der Waals surface area contributed by atoms with Gasteiger partial charge in [0.25, 0.3) is 0 Å². The lowest BCUT2D eigenvalue weighted by Crippen LogP contribution is -2.21. The smallest absolute Gasteiger partial charge is 0.393 e. The van der Waals surface area contributed by atoms with Gasteiger partial charge in [-0.15, -0.1) is 0 Å². The zero-order chi connectivity index (χ0) is 13.9. The van der Waals surface area contributed by atoms with Gasteiger partial charge in [-0.05, 0) is 12.1 Å². The number of halogens is 3. The summed E-state index contributed by atoms with van der Waals surface area (Å²) in [6.07, 6.45) is -4.72. The highest BCUT2D eigenvalue weighted by molar-refractivity contribution is 6.02. The van der Waals surface area contributed by atoms with E-state index in [4.69, 9.17) is 5.73 Å². The third-order valence-electron chi connectivity index (χ3n) is 1.90. The molecule has 1 aromatic carbocycles. The molecule has 0 bridgehead atoms. The second-order valence-corrected chi connectivity index (χ2v) is 3.25. The van der Waals surface area contributed by atoms with Crippen LogP contribution in [0.25, 0.3) is 0 Å². The van der Waals surface area contributed by atoms with Gasteiger partial charge < -0.3 is 10.5 Å². The normalized spacial score (nSPS) is 10.8. The third kappa shape index (κ3) is 3.09. The molecule has 0 radical (unpaired) electrons. The van der Waals surface area contributed by atoms with Gasteiger partial charge in [0.15, 0.2) is 0 Å². The van der Waals surface area contributed by atoms with Gasteiger partial charge in [0, 0.05) is 0 Å². The predicted octanol–water partition coefficient (Wildman–Crippen LogP) is 1.86. The third-order valence-corrected chi connectivity index (χ3v) is 1.90. The molecule has 0 saturated heterocycles. The molecule has 0 atom stereocenters. The molecule has 0 aliphatic rings. The SMILES string of the molecule is C=C(N)C(=O)OC(=O)c1ccccc1C(F)(F)F. The first-order valence-electron chi connectivity index (χ1n) is 4.60. The van der Waals surface area contributed by atoms with Gasteiger partial charge in [0.05, 0.1) is 11.1 Å². The van der Waals surface area contributed by atoms with Gasteiger partial charge in [0.2, 0.25) is 0 Å². The summed E-state index contributed by atoms with van der Waals surface area (Å²) < 4.78 is 41.8. The van der Waals surface area contributed by atoms with Gasteiger partial charge in [-0.3, -0.25) is 0 Å². The van der Waals surface area contributed by atoms with Gasteiger partial charge in [-0.1, -0.05) is 18.7 Å². The van der Waals surface area contributed by atoms with E-state index < -0.39 is 34.9 Å². The molecule has 1 rings (SSSR count). The second-order valence-electron chi connectivity index (χ2n) is 3.25. The fraction of sp³-hybridized carbons (Fsp3) is 0.0909. The summed E-state index contributed by atoms with van der Waals surface area (Å²) in [5, 5.41) is 0. The standard InChI is InChI=1S/C11H8F3NO3/c1-6(15)9(16)18-10(17)7-4-2-3-5-8(7)11(12,13)14/h2-5H,1,15H2. The quantitative estimate of drug-likeness (QED) is 0.500. The van der Waals surface area contributed by atoms with E-state index in [0.717, 1.165) is 12.1 Å². The number of hydrogen-bond donors (Lipinski definition) is 1. The van der Waals surface area contributed by atoms with Gasteiger partial charge >= 0.3 is 18.1 Å². The zero-order valence-corrected chi connectivity index (χ0v) is 8.95. The highest BCUT2D eigenvalue weighted by Crippen LogP contribution is 2.32. The lowest BCUT2D eigenvalue weighted by Gasteiger charge is -2.11. The number of hydrogen-bond acceptors (Lipinski definition) is 4. The van der Waals surface area contributed by atoms with Crippen molar-refractivity contribution >= 4 is 11.9 Å². The fourth-order valence-corrected chi connectivity index (χ4v) is 1.11. The summed E-state index contributed by atoms with van der Waals surface area (Å²) in [7, 11) is 0. The van der Waals surface area contributed by atoms with Crippen LogP contribution in [0.3, 0.4) is 0 Å². The summed E-state index contributed by atoms with van der Waals surface area (Å²) in [5.41, 5.74) is 2.41. The molecule has 0 unspecified atom stereocenters. The van der Waals surface area contributed by atoms with Crippen LogP contribution in [0, 0.1) is 0 Å². The molecule has 0 amide bonds. The fourth-order valence-electron chi connectivity index (χ4n) is 1.11. The summed E-state index contributed by atoms with van der Waals surface area (Å²) in [6, 6.07) is 3.94. The highest BCUT2D eigenvalue weighted by atomic mass is 19.4. The first-order valence-corrected chi connectivity index (χ1v) is 4.60. The second kappa shape index (κ2) is 4.91. The van der Waals surface area contributed by atoms with Crippen LogP contribution in [-0.2, 0) is 15.7 Å². The van der Waals surface area contributed by atoms with E-state index in [-0.39, 0.29) is 0 Å². The van der Waals surface area contributed by atoms with Crippen LogP contribution in [-0.4, -0.2) is 11.9 Å². The first kappa shape index (κ1) is 13.8. The van der Waals surface area contributed by atoms with Gasteiger partial charge in [-0.25, -0.2) is 9.59 Å². The molecular formula is C11H8F3NO3. The van der Waals surface area contributed by atoms with Crippen LogP contribution >= 0.6 is 0 Å². The number of nitrogens with two attached hydrogens (primary N) is 1. The maximum absolute atomic E-state index is 12.6. The molecule has 0 aliphatic heterocycles. The Bertz CT molecular complexity index is 509. The molecule has 1 aromatic rings. The molecule has 96 valence electrons. The summed E-state index contributed by atoms with van der Waals surface area (Å²) in [4.78, 5) is 22.3. The van der Waals surface area contributed by atoms with Crippen LogP contribution in [0.2, 0.25) is 0 Å². The van der Waals surface area contributed by atoms with Crippen molar-refractivity contribution in [3.63, 3.8) is 0 Å². The molecule has 0 saturated carbocycles. The number of rotatable bonds is 2. The Morgan fingerprint density at radius 3 is 2.28 bits per heavy atom. The van der Waals surface area contributed by atoms with Gasteiger partial charge in [-0.2, -0.15) is 13.2 Å². The number of ether oxygens (including phenoxy) is 1. The Labute approximate surface area is 99.8 Å². The van der Waals surface area contributed by atoms with Crippen molar-refractivity contribution in [3.05, 3.63) is 47.7 Å². The number of benzene rings is 1. The van der Waals surface area contributed by atoms with E-state index in [1.165, 1.54) is 6.07 Å². The van der Waals surface area contributed by atoms with E-state index in [1.807, 2.05) is 0 Å². The van der Waals surface area contributed by atoms with E-state index in [2.05, 4.69) is 11.3 Å². The van der Waals surface area contributed by atoms with E-state index >= 15 is 0 Å². The molecule has 18 heavy (non-hydrogen) atoms. The zero-order valence-electron chi connectivity index (χ0n) is 8.95. The summed E-state index contributed by atoms with van der Waals surface area (Å²) >= 11 is 0. The molecule has 2 N–H and O–H groups in total. The van der Waals surface area contributed by atoms with Crippen LogP contribution in [0.15, 0.2) is 36.5 Å². The lowest BCUT2D eigenvalue weighted by molar-refractivity contribution is -0.139. The molecule has 7 heteroatoms. The Morgan fingerprint density at radius 1 is 1.22 bits per heavy atom.